The Kier molecular flexibility index (Phi) is 6.76. The zero-order valence-electron chi connectivity index (χ0n) is 17.8. The average Bonchev–Trinajstić information content (AvgIpc) is 3.09. The summed E-state index contributed by atoms with van der Waals surface area (Å²) in [7, 11) is 0. The lowest BCUT2D eigenvalue weighted by atomic mass is 10.1. The molecule has 3 heterocycles. The second-order valence-corrected chi connectivity index (χ2v) is 8.29. The van der Waals surface area contributed by atoms with Gasteiger partial charge < -0.3 is 9.80 Å². The summed E-state index contributed by atoms with van der Waals surface area (Å²) in [6, 6.07) is 8.98. The van der Waals surface area contributed by atoms with Gasteiger partial charge in [0.2, 0.25) is 0 Å². The molecule has 4 rings (SSSR count). The number of amides is 1. The number of aromatic nitrogens is 1. The molecular formula is C23H29N5O3. The zero-order valence-corrected chi connectivity index (χ0v) is 17.8. The Balaban J connectivity index is 1.42. The minimum atomic E-state index is -0.357. The van der Waals surface area contributed by atoms with E-state index >= 15 is 0 Å². The predicted octanol–water partition coefficient (Wildman–Crippen LogP) is 3.33. The highest BCUT2D eigenvalue weighted by molar-refractivity contribution is 5.96. The second kappa shape index (κ2) is 9.87. The van der Waals surface area contributed by atoms with Crippen molar-refractivity contribution < 1.29 is 9.72 Å². The third kappa shape index (κ3) is 5.19. The summed E-state index contributed by atoms with van der Waals surface area (Å²) < 4.78 is 0. The Bertz CT molecular complexity index is 905. The van der Waals surface area contributed by atoms with Crippen molar-refractivity contribution in [2.24, 2.45) is 0 Å². The Labute approximate surface area is 182 Å². The number of nitro benzene ring substituents is 1. The van der Waals surface area contributed by atoms with Crippen LogP contribution >= 0.6 is 0 Å². The Morgan fingerprint density at radius 3 is 2.26 bits per heavy atom. The zero-order chi connectivity index (χ0) is 21.6. The molecule has 0 bridgehead atoms. The molecule has 1 aromatic carbocycles. The lowest BCUT2D eigenvalue weighted by Gasteiger charge is -2.34. The van der Waals surface area contributed by atoms with Crippen LogP contribution in [-0.4, -0.2) is 64.9 Å². The van der Waals surface area contributed by atoms with Crippen LogP contribution in [0.1, 0.15) is 41.6 Å². The monoisotopic (exact) mass is 423 g/mol. The second-order valence-electron chi connectivity index (χ2n) is 8.29. The van der Waals surface area contributed by atoms with E-state index in [-0.39, 0.29) is 16.5 Å². The van der Waals surface area contributed by atoms with Crippen LogP contribution in [0.2, 0.25) is 0 Å². The number of rotatable bonds is 5. The quantitative estimate of drug-likeness (QED) is 0.542. The molecule has 2 fully saturated rings. The Morgan fingerprint density at radius 1 is 0.935 bits per heavy atom. The first-order chi connectivity index (χ1) is 15.1. The maximum Gasteiger partial charge on any atom is 0.293 e. The molecular weight excluding hydrogens is 394 g/mol. The molecule has 0 spiro atoms. The number of benzene rings is 1. The van der Waals surface area contributed by atoms with Crippen molar-refractivity contribution in [1.29, 1.82) is 0 Å². The van der Waals surface area contributed by atoms with Gasteiger partial charge in [-0.2, -0.15) is 0 Å². The van der Waals surface area contributed by atoms with Gasteiger partial charge in [-0.05, 0) is 42.7 Å². The van der Waals surface area contributed by atoms with Gasteiger partial charge in [0, 0.05) is 69.8 Å². The van der Waals surface area contributed by atoms with Crippen LogP contribution in [0.3, 0.4) is 0 Å². The molecule has 0 aliphatic carbocycles. The number of carbonyl (C=O) groups excluding carboxylic acids is 1. The van der Waals surface area contributed by atoms with E-state index in [4.69, 9.17) is 0 Å². The van der Waals surface area contributed by atoms with Crippen molar-refractivity contribution in [1.82, 2.24) is 14.8 Å². The number of hydrogen-bond donors (Lipinski definition) is 0. The molecule has 0 radical (unpaired) electrons. The smallest absolute Gasteiger partial charge is 0.293 e. The molecule has 0 saturated carbocycles. The third-order valence-corrected chi connectivity index (χ3v) is 6.18. The van der Waals surface area contributed by atoms with Crippen LogP contribution < -0.4 is 4.90 Å². The van der Waals surface area contributed by atoms with Gasteiger partial charge in [0.1, 0.15) is 5.69 Å². The van der Waals surface area contributed by atoms with Crippen LogP contribution in [0.4, 0.5) is 11.4 Å². The first kappa shape index (κ1) is 21.2. The molecule has 1 amide bonds. The molecule has 1 aromatic heterocycles. The van der Waals surface area contributed by atoms with E-state index in [1.807, 2.05) is 12.1 Å². The van der Waals surface area contributed by atoms with Gasteiger partial charge in [-0.25, -0.2) is 0 Å². The molecule has 0 N–H and O–H groups in total. The molecule has 0 unspecified atom stereocenters. The van der Waals surface area contributed by atoms with Gasteiger partial charge in [-0.3, -0.25) is 24.8 Å². The summed E-state index contributed by atoms with van der Waals surface area (Å²) >= 11 is 0. The standard InChI is InChI=1S/C23H29N5O3/c29-23(27-15-13-25(14-16-27)18-19-7-9-24-10-8-19)20-5-6-21(22(17-20)28(30)31)26-11-3-1-2-4-12-26/h5-10,17H,1-4,11-16,18H2. The summed E-state index contributed by atoms with van der Waals surface area (Å²) in [5.41, 5.74) is 2.26. The molecule has 2 aliphatic rings. The molecule has 2 aromatic rings. The van der Waals surface area contributed by atoms with E-state index < -0.39 is 0 Å². The lowest BCUT2D eigenvalue weighted by molar-refractivity contribution is -0.384. The van der Waals surface area contributed by atoms with Crippen molar-refractivity contribution >= 4 is 17.3 Å². The SMILES string of the molecule is O=C(c1ccc(N2CCCCCC2)c([N+](=O)[O-])c1)N1CCN(Cc2ccncc2)CC1. The maximum absolute atomic E-state index is 13.0. The number of nitro groups is 1. The van der Waals surface area contributed by atoms with Crippen molar-refractivity contribution in [3.05, 3.63) is 64.0 Å². The number of pyridine rings is 1. The number of nitrogens with zero attached hydrogens (tertiary/aromatic N) is 5. The van der Waals surface area contributed by atoms with E-state index in [9.17, 15) is 14.9 Å². The van der Waals surface area contributed by atoms with E-state index in [1.54, 1.807) is 29.4 Å². The number of carbonyl (C=O) groups is 1. The highest BCUT2D eigenvalue weighted by Crippen LogP contribution is 2.31. The van der Waals surface area contributed by atoms with Gasteiger partial charge in [-0.15, -0.1) is 0 Å². The van der Waals surface area contributed by atoms with Crippen LogP contribution in [0, 0.1) is 10.1 Å². The molecule has 8 heteroatoms. The van der Waals surface area contributed by atoms with Crippen molar-refractivity contribution in [2.75, 3.05) is 44.2 Å². The Hall–Kier alpha value is -3.00. The van der Waals surface area contributed by atoms with Crippen LogP contribution in [0.15, 0.2) is 42.7 Å². The summed E-state index contributed by atoms with van der Waals surface area (Å²) in [4.78, 5) is 34.7. The average molecular weight is 424 g/mol. The predicted molar refractivity (Wildman–Crippen MR) is 119 cm³/mol. The van der Waals surface area contributed by atoms with Gasteiger partial charge in [-0.1, -0.05) is 12.8 Å². The minimum Gasteiger partial charge on any atom is -0.366 e. The van der Waals surface area contributed by atoms with Gasteiger partial charge in [0.25, 0.3) is 11.6 Å². The number of anilines is 1. The highest BCUT2D eigenvalue weighted by atomic mass is 16.6. The summed E-state index contributed by atoms with van der Waals surface area (Å²) in [6.45, 7) is 5.28. The van der Waals surface area contributed by atoms with E-state index in [0.29, 0.717) is 24.3 Å². The van der Waals surface area contributed by atoms with E-state index in [1.165, 1.54) is 11.6 Å². The topological polar surface area (TPSA) is 82.8 Å². The number of hydrogen-bond acceptors (Lipinski definition) is 6. The molecule has 164 valence electrons. The lowest BCUT2D eigenvalue weighted by Crippen LogP contribution is -2.48. The van der Waals surface area contributed by atoms with Crippen molar-refractivity contribution in [3.63, 3.8) is 0 Å². The van der Waals surface area contributed by atoms with Gasteiger partial charge in [0.05, 0.1) is 4.92 Å². The molecule has 2 saturated heterocycles. The molecule has 0 atom stereocenters. The van der Waals surface area contributed by atoms with Crippen molar-refractivity contribution in [3.8, 4) is 0 Å². The minimum absolute atomic E-state index is 0.0315. The fourth-order valence-corrected chi connectivity index (χ4v) is 4.42. The van der Waals surface area contributed by atoms with E-state index in [0.717, 1.165) is 58.4 Å². The summed E-state index contributed by atoms with van der Waals surface area (Å²) in [5, 5.41) is 11.8. The third-order valence-electron chi connectivity index (χ3n) is 6.18. The first-order valence-corrected chi connectivity index (χ1v) is 11.1. The van der Waals surface area contributed by atoms with Gasteiger partial charge >= 0.3 is 0 Å². The molecule has 8 nitrogen and oxygen atoms in total. The van der Waals surface area contributed by atoms with Crippen LogP contribution in [0.25, 0.3) is 0 Å². The normalized spacial score (nSPS) is 17.9. The summed E-state index contributed by atoms with van der Waals surface area (Å²) in [5.74, 6) is -0.130. The fraction of sp³-hybridized carbons (Fsp3) is 0.478. The van der Waals surface area contributed by atoms with E-state index in [2.05, 4.69) is 14.8 Å². The molecule has 2 aliphatic heterocycles. The van der Waals surface area contributed by atoms with Gasteiger partial charge in [0.15, 0.2) is 0 Å². The first-order valence-electron chi connectivity index (χ1n) is 11.1. The largest absolute Gasteiger partial charge is 0.366 e. The molecule has 31 heavy (non-hydrogen) atoms. The highest BCUT2D eigenvalue weighted by Gasteiger charge is 2.26. The van der Waals surface area contributed by atoms with Crippen LogP contribution in [0.5, 0.6) is 0 Å². The maximum atomic E-state index is 13.0. The number of piperazine rings is 1. The van der Waals surface area contributed by atoms with Crippen LogP contribution in [-0.2, 0) is 6.54 Å². The Morgan fingerprint density at radius 2 is 1.61 bits per heavy atom. The fourth-order valence-electron chi connectivity index (χ4n) is 4.42. The summed E-state index contributed by atoms with van der Waals surface area (Å²) in [6.07, 6.45) is 7.99. The van der Waals surface area contributed by atoms with Crippen molar-refractivity contribution in [2.45, 2.75) is 32.2 Å².